The zero-order chi connectivity index (χ0) is 14.9. The zero-order valence-electron chi connectivity index (χ0n) is 10.8. The number of carboxylic acid groups (broad SMARTS) is 1. The molecule has 0 aliphatic heterocycles. The largest absolute Gasteiger partial charge is 0.481 e. The normalized spacial score (nSPS) is 11.8. The third-order valence-electron chi connectivity index (χ3n) is 2.61. The minimum atomic E-state index is -0.859. The Labute approximate surface area is 129 Å². The quantitative estimate of drug-likeness (QED) is 0.888. The summed E-state index contributed by atoms with van der Waals surface area (Å²) in [5.74, 6) is -0.189. The molecule has 0 radical (unpaired) electrons. The van der Waals surface area contributed by atoms with Gasteiger partial charge in [-0.25, -0.2) is 0 Å². The maximum atomic E-state index is 10.8. The molecule has 2 rings (SSSR count). The molecule has 0 saturated heterocycles. The van der Waals surface area contributed by atoms with Crippen molar-refractivity contribution in [3.05, 3.63) is 20.6 Å². The zero-order valence-corrected chi connectivity index (χ0v) is 13.1. The second-order valence-corrected chi connectivity index (χ2v) is 7.44. The SMILES string of the molecule is CC(C)(CC(=O)O)Cc1nnc(-c2cc(Cl)sc2Cl)o1. The Balaban J connectivity index is 2.17. The number of halogens is 2. The van der Waals surface area contributed by atoms with Crippen molar-refractivity contribution in [3.63, 3.8) is 0 Å². The van der Waals surface area contributed by atoms with Crippen molar-refractivity contribution < 1.29 is 14.3 Å². The molecule has 0 spiro atoms. The third-order valence-corrected chi connectivity index (χ3v) is 4.10. The first-order valence-electron chi connectivity index (χ1n) is 5.76. The van der Waals surface area contributed by atoms with Crippen molar-refractivity contribution in [3.8, 4) is 11.5 Å². The van der Waals surface area contributed by atoms with E-state index in [0.717, 1.165) is 0 Å². The molecule has 5 nitrogen and oxygen atoms in total. The summed E-state index contributed by atoms with van der Waals surface area (Å²) in [7, 11) is 0. The summed E-state index contributed by atoms with van der Waals surface area (Å²) in [5, 5.41) is 16.7. The highest BCUT2D eigenvalue weighted by Gasteiger charge is 2.26. The van der Waals surface area contributed by atoms with Crippen LogP contribution in [0.4, 0.5) is 0 Å². The minimum Gasteiger partial charge on any atom is -0.481 e. The molecule has 0 atom stereocenters. The van der Waals surface area contributed by atoms with E-state index in [1.54, 1.807) is 6.07 Å². The molecule has 0 unspecified atom stereocenters. The summed E-state index contributed by atoms with van der Waals surface area (Å²) in [5.41, 5.74) is 0.127. The van der Waals surface area contributed by atoms with Gasteiger partial charge in [-0.3, -0.25) is 4.79 Å². The van der Waals surface area contributed by atoms with Crippen molar-refractivity contribution in [1.82, 2.24) is 10.2 Å². The number of rotatable bonds is 5. The Morgan fingerprint density at radius 3 is 2.70 bits per heavy atom. The van der Waals surface area contributed by atoms with E-state index in [1.165, 1.54) is 11.3 Å². The van der Waals surface area contributed by atoms with E-state index in [0.29, 0.717) is 32.4 Å². The van der Waals surface area contributed by atoms with Gasteiger partial charge in [-0.2, -0.15) is 0 Å². The monoisotopic (exact) mass is 334 g/mol. The van der Waals surface area contributed by atoms with Gasteiger partial charge >= 0.3 is 5.97 Å². The van der Waals surface area contributed by atoms with Crippen molar-refractivity contribution in [1.29, 1.82) is 0 Å². The lowest BCUT2D eigenvalue weighted by atomic mass is 9.86. The summed E-state index contributed by atoms with van der Waals surface area (Å²) in [4.78, 5) is 10.8. The first kappa shape index (κ1) is 15.3. The molecule has 0 fully saturated rings. The number of hydrogen-bond donors (Lipinski definition) is 1. The fourth-order valence-electron chi connectivity index (χ4n) is 1.80. The van der Waals surface area contributed by atoms with Crippen LogP contribution in [0, 0.1) is 5.41 Å². The van der Waals surface area contributed by atoms with Gasteiger partial charge in [0.25, 0.3) is 0 Å². The van der Waals surface area contributed by atoms with Gasteiger partial charge in [0, 0.05) is 6.42 Å². The molecular weight excluding hydrogens is 323 g/mol. The van der Waals surface area contributed by atoms with Gasteiger partial charge in [-0.05, 0) is 11.5 Å². The molecule has 0 aliphatic rings. The lowest BCUT2D eigenvalue weighted by Crippen LogP contribution is -2.19. The Morgan fingerprint density at radius 2 is 2.15 bits per heavy atom. The summed E-state index contributed by atoms with van der Waals surface area (Å²) < 4.78 is 6.55. The molecule has 20 heavy (non-hydrogen) atoms. The van der Waals surface area contributed by atoms with Crippen LogP contribution in [-0.2, 0) is 11.2 Å². The molecule has 2 aromatic heterocycles. The van der Waals surface area contributed by atoms with Crippen LogP contribution in [0.5, 0.6) is 0 Å². The molecule has 2 aromatic rings. The van der Waals surface area contributed by atoms with Gasteiger partial charge in [0.15, 0.2) is 0 Å². The average molecular weight is 335 g/mol. The summed E-state index contributed by atoms with van der Waals surface area (Å²) >= 11 is 13.1. The summed E-state index contributed by atoms with van der Waals surface area (Å²) in [6.45, 7) is 3.67. The van der Waals surface area contributed by atoms with Crippen molar-refractivity contribution in [2.75, 3.05) is 0 Å². The maximum absolute atomic E-state index is 10.8. The number of hydrogen-bond acceptors (Lipinski definition) is 5. The second kappa shape index (κ2) is 5.71. The maximum Gasteiger partial charge on any atom is 0.303 e. The molecule has 0 bridgehead atoms. The Hall–Kier alpha value is -1.11. The van der Waals surface area contributed by atoms with Gasteiger partial charge in [-0.15, -0.1) is 21.5 Å². The molecule has 1 N–H and O–H groups in total. The van der Waals surface area contributed by atoms with Crippen LogP contribution >= 0.6 is 34.5 Å². The van der Waals surface area contributed by atoms with Gasteiger partial charge in [0.1, 0.15) is 4.34 Å². The second-order valence-electron chi connectivity index (χ2n) is 5.15. The van der Waals surface area contributed by atoms with Gasteiger partial charge in [-0.1, -0.05) is 37.0 Å². The Morgan fingerprint density at radius 1 is 1.45 bits per heavy atom. The lowest BCUT2D eigenvalue weighted by Gasteiger charge is -2.19. The van der Waals surface area contributed by atoms with E-state index in [4.69, 9.17) is 32.7 Å². The predicted octanol–water partition coefficient (Wildman–Crippen LogP) is 4.15. The van der Waals surface area contributed by atoms with Gasteiger partial charge in [0.2, 0.25) is 11.8 Å². The molecule has 0 amide bonds. The molecule has 108 valence electrons. The van der Waals surface area contributed by atoms with E-state index in [2.05, 4.69) is 10.2 Å². The van der Waals surface area contributed by atoms with Crippen molar-refractivity contribution in [2.45, 2.75) is 26.7 Å². The first-order valence-corrected chi connectivity index (χ1v) is 7.33. The van der Waals surface area contributed by atoms with Crippen LogP contribution in [0.25, 0.3) is 11.5 Å². The standard InChI is InChI=1S/C12H12Cl2N2O3S/c1-12(2,5-9(17)18)4-8-15-16-11(19-8)6-3-7(13)20-10(6)14/h3H,4-5H2,1-2H3,(H,17,18). The average Bonchev–Trinajstić information content (AvgIpc) is 2.82. The molecule has 0 aliphatic carbocycles. The third kappa shape index (κ3) is 3.71. The lowest BCUT2D eigenvalue weighted by molar-refractivity contribution is -0.139. The summed E-state index contributed by atoms with van der Waals surface area (Å²) in [6.07, 6.45) is 0.400. The fourth-order valence-corrected chi connectivity index (χ4v) is 3.25. The minimum absolute atomic E-state index is 0.0236. The molecule has 0 aromatic carbocycles. The Kier molecular flexibility index (Phi) is 4.36. The number of aliphatic carboxylic acids is 1. The first-order chi connectivity index (χ1) is 9.27. The molecule has 8 heteroatoms. The number of carboxylic acids is 1. The van der Waals surface area contributed by atoms with E-state index >= 15 is 0 Å². The Bertz CT molecular complexity index is 636. The number of carbonyl (C=O) groups is 1. The molecule has 0 saturated carbocycles. The van der Waals surface area contributed by atoms with E-state index in [1.807, 2.05) is 13.8 Å². The number of nitrogens with zero attached hydrogens (tertiary/aromatic N) is 2. The van der Waals surface area contributed by atoms with Crippen molar-refractivity contribution in [2.24, 2.45) is 5.41 Å². The van der Waals surface area contributed by atoms with E-state index < -0.39 is 11.4 Å². The number of aromatic nitrogens is 2. The van der Waals surface area contributed by atoms with Crippen LogP contribution < -0.4 is 0 Å². The smallest absolute Gasteiger partial charge is 0.303 e. The van der Waals surface area contributed by atoms with E-state index in [-0.39, 0.29) is 6.42 Å². The topological polar surface area (TPSA) is 76.2 Å². The predicted molar refractivity (Wildman–Crippen MR) is 77.4 cm³/mol. The fraction of sp³-hybridized carbons (Fsp3) is 0.417. The molecule has 2 heterocycles. The van der Waals surface area contributed by atoms with Crippen LogP contribution in [0.15, 0.2) is 10.5 Å². The number of thiophene rings is 1. The van der Waals surface area contributed by atoms with Gasteiger partial charge in [0.05, 0.1) is 16.3 Å². The highest BCUT2D eigenvalue weighted by molar-refractivity contribution is 7.20. The summed E-state index contributed by atoms with van der Waals surface area (Å²) in [6, 6.07) is 1.66. The van der Waals surface area contributed by atoms with Crippen molar-refractivity contribution >= 4 is 40.5 Å². The van der Waals surface area contributed by atoms with Crippen LogP contribution in [0.1, 0.15) is 26.2 Å². The highest BCUT2D eigenvalue weighted by atomic mass is 35.5. The van der Waals surface area contributed by atoms with Crippen LogP contribution in [0.3, 0.4) is 0 Å². The highest BCUT2D eigenvalue weighted by Crippen LogP contribution is 2.38. The van der Waals surface area contributed by atoms with E-state index in [9.17, 15) is 4.79 Å². The van der Waals surface area contributed by atoms with Crippen LogP contribution in [-0.4, -0.2) is 21.3 Å². The van der Waals surface area contributed by atoms with Crippen LogP contribution in [0.2, 0.25) is 8.67 Å². The molecular formula is C12H12Cl2N2O3S. The van der Waals surface area contributed by atoms with Gasteiger partial charge < -0.3 is 9.52 Å².